The zero-order valence-electron chi connectivity index (χ0n) is 15.3. The Hall–Kier alpha value is -2.82. The van der Waals surface area contributed by atoms with Crippen LogP contribution in [0.3, 0.4) is 0 Å². The number of hydrogen-bond donors (Lipinski definition) is 1. The fraction of sp³-hybridized carbons (Fsp3) is 0.333. The first-order chi connectivity index (χ1) is 12.5. The molecule has 1 aliphatic rings. The van der Waals surface area contributed by atoms with E-state index in [4.69, 9.17) is 4.74 Å². The molecule has 0 fully saturated rings. The molecule has 0 bridgehead atoms. The second kappa shape index (κ2) is 7.60. The van der Waals surface area contributed by atoms with Crippen LogP contribution in [0.4, 0.5) is 10.5 Å². The standard InChI is InChI=1S/C21H24N2O3/c1-14-15(2)23(16(3)24)19-12-8-7-11-18(19)20(14)22-21(25)26-13-17-9-5-4-6-10-17/h4-12,14-15,20H,13H2,1-3H3,(H,22,25). The molecular weight excluding hydrogens is 328 g/mol. The summed E-state index contributed by atoms with van der Waals surface area (Å²) in [6.07, 6.45) is -0.455. The largest absolute Gasteiger partial charge is 0.445 e. The molecule has 3 unspecified atom stereocenters. The van der Waals surface area contributed by atoms with E-state index in [0.717, 1.165) is 16.8 Å². The quantitative estimate of drug-likeness (QED) is 0.907. The van der Waals surface area contributed by atoms with Crippen molar-refractivity contribution >= 4 is 17.7 Å². The normalized spacial score (nSPS) is 21.7. The molecule has 136 valence electrons. The SMILES string of the molecule is CC(=O)N1c2ccccc2C(NC(=O)OCc2ccccc2)C(C)C1C. The van der Waals surface area contributed by atoms with E-state index in [0.29, 0.717) is 0 Å². The van der Waals surface area contributed by atoms with Gasteiger partial charge >= 0.3 is 6.09 Å². The van der Waals surface area contributed by atoms with Crippen molar-refractivity contribution in [2.24, 2.45) is 5.92 Å². The van der Waals surface area contributed by atoms with Gasteiger partial charge in [-0.3, -0.25) is 4.79 Å². The van der Waals surface area contributed by atoms with E-state index in [1.807, 2.05) is 68.4 Å². The third kappa shape index (κ3) is 3.57. The number of rotatable bonds is 3. The predicted molar refractivity (Wildman–Crippen MR) is 101 cm³/mol. The number of ether oxygens (including phenoxy) is 1. The fourth-order valence-corrected chi connectivity index (χ4v) is 3.54. The Labute approximate surface area is 154 Å². The molecule has 0 aromatic heterocycles. The molecule has 1 N–H and O–H groups in total. The van der Waals surface area contributed by atoms with Crippen LogP contribution in [0.2, 0.25) is 0 Å². The maximum Gasteiger partial charge on any atom is 0.407 e. The highest BCUT2D eigenvalue weighted by Crippen LogP contribution is 2.40. The molecular formula is C21H24N2O3. The average Bonchev–Trinajstić information content (AvgIpc) is 2.64. The highest BCUT2D eigenvalue weighted by Gasteiger charge is 2.38. The van der Waals surface area contributed by atoms with E-state index in [2.05, 4.69) is 5.32 Å². The Bertz CT molecular complexity index is 791. The number of amides is 2. The molecule has 2 aromatic carbocycles. The lowest BCUT2D eigenvalue weighted by molar-refractivity contribution is -0.117. The van der Waals surface area contributed by atoms with Crippen molar-refractivity contribution in [1.29, 1.82) is 0 Å². The summed E-state index contributed by atoms with van der Waals surface area (Å²) in [5, 5.41) is 2.99. The van der Waals surface area contributed by atoms with Gasteiger partial charge in [0.1, 0.15) is 6.61 Å². The van der Waals surface area contributed by atoms with Gasteiger partial charge in [0, 0.05) is 24.6 Å². The summed E-state index contributed by atoms with van der Waals surface area (Å²) in [5.41, 5.74) is 2.72. The lowest BCUT2D eigenvalue weighted by atomic mass is 9.83. The Balaban J connectivity index is 1.77. The maximum absolute atomic E-state index is 12.3. The maximum atomic E-state index is 12.3. The van der Waals surface area contributed by atoms with Crippen molar-refractivity contribution in [1.82, 2.24) is 5.32 Å². The van der Waals surface area contributed by atoms with Gasteiger partial charge in [0.25, 0.3) is 0 Å². The van der Waals surface area contributed by atoms with E-state index in [1.54, 1.807) is 11.8 Å². The summed E-state index contributed by atoms with van der Waals surface area (Å²) < 4.78 is 5.37. The number of alkyl carbamates (subject to hydrolysis) is 1. The van der Waals surface area contributed by atoms with Gasteiger partial charge in [-0.15, -0.1) is 0 Å². The van der Waals surface area contributed by atoms with Gasteiger partial charge in [0.2, 0.25) is 5.91 Å². The van der Waals surface area contributed by atoms with Gasteiger partial charge in [-0.25, -0.2) is 4.79 Å². The molecule has 3 atom stereocenters. The predicted octanol–water partition coefficient (Wildman–Crippen LogP) is 4.05. The number of fused-ring (bicyclic) bond motifs is 1. The van der Waals surface area contributed by atoms with Crippen LogP contribution in [0.5, 0.6) is 0 Å². The van der Waals surface area contributed by atoms with Crippen LogP contribution in [0.15, 0.2) is 54.6 Å². The molecule has 2 amide bonds. The molecule has 0 aliphatic carbocycles. The second-order valence-corrected chi connectivity index (χ2v) is 6.73. The number of carbonyl (C=O) groups is 2. The van der Waals surface area contributed by atoms with Gasteiger partial charge in [-0.2, -0.15) is 0 Å². The van der Waals surface area contributed by atoms with E-state index < -0.39 is 6.09 Å². The zero-order valence-corrected chi connectivity index (χ0v) is 15.3. The lowest BCUT2D eigenvalue weighted by Crippen LogP contribution is -2.50. The van der Waals surface area contributed by atoms with Crippen LogP contribution in [0, 0.1) is 5.92 Å². The van der Waals surface area contributed by atoms with Crippen LogP contribution in [-0.4, -0.2) is 18.0 Å². The Morgan fingerprint density at radius 3 is 2.38 bits per heavy atom. The molecule has 5 nitrogen and oxygen atoms in total. The molecule has 26 heavy (non-hydrogen) atoms. The number of hydrogen-bond acceptors (Lipinski definition) is 3. The Morgan fingerprint density at radius 2 is 1.69 bits per heavy atom. The minimum absolute atomic E-state index is 0.00176. The van der Waals surface area contributed by atoms with Gasteiger partial charge in [-0.05, 0) is 24.1 Å². The molecule has 0 radical (unpaired) electrons. The van der Waals surface area contributed by atoms with E-state index in [-0.39, 0.29) is 30.5 Å². The monoisotopic (exact) mass is 352 g/mol. The third-order valence-electron chi connectivity index (χ3n) is 5.05. The molecule has 1 aliphatic heterocycles. The molecule has 1 heterocycles. The molecule has 3 rings (SSSR count). The molecule has 0 saturated carbocycles. The Morgan fingerprint density at radius 1 is 1.04 bits per heavy atom. The molecule has 5 heteroatoms. The first kappa shape index (κ1) is 18.0. The number of benzene rings is 2. The summed E-state index contributed by atoms with van der Waals surface area (Å²) in [4.78, 5) is 26.3. The summed E-state index contributed by atoms with van der Waals surface area (Å²) in [5.74, 6) is 0.0555. The average molecular weight is 352 g/mol. The van der Waals surface area contributed by atoms with Gasteiger partial charge in [0.05, 0.1) is 6.04 Å². The first-order valence-corrected chi connectivity index (χ1v) is 8.85. The zero-order chi connectivity index (χ0) is 18.7. The number of carbonyl (C=O) groups excluding carboxylic acids is 2. The van der Waals surface area contributed by atoms with Crippen LogP contribution in [-0.2, 0) is 16.1 Å². The van der Waals surface area contributed by atoms with Gasteiger partial charge in [-0.1, -0.05) is 55.5 Å². The summed E-state index contributed by atoms with van der Waals surface area (Å²) >= 11 is 0. The first-order valence-electron chi connectivity index (χ1n) is 8.85. The van der Waals surface area contributed by atoms with Crippen molar-refractivity contribution < 1.29 is 14.3 Å². The topological polar surface area (TPSA) is 58.6 Å². The van der Waals surface area contributed by atoms with E-state index in [1.165, 1.54) is 0 Å². The second-order valence-electron chi connectivity index (χ2n) is 6.73. The van der Waals surface area contributed by atoms with Crippen LogP contribution >= 0.6 is 0 Å². The summed E-state index contributed by atoms with van der Waals surface area (Å²) in [6.45, 7) is 5.84. The van der Waals surface area contributed by atoms with Crippen molar-refractivity contribution in [2.45, 2.75) is 39.5 Å². The van der Waals surface area contributed by atoms with Crippen molar-refractivity contribution in [2.75, 3.05) is 4.90 Å². The van der Waals surface area contributed by atoms with Gasteiger partial charge in [0.15, 0.2) is 0 Å². The van der Waals surface area contributed by atoms with E-state index in [9.17, 15) is 9.59 Å². The number of nitrogens with one attached hydrogen (secondary N) is 1. The lowest BCUT2D eigenvalue weighted by Gasteiger charge is -2.43. The number of anilines is 1. The molecule has 0 saturated heterocycles. The molecule has 2 aromatic rings. The van der Waals surface area contributed by atoms with Crippen molar-refractivity contribution in [3.8, 4) is 0 Å². The number of nitrogens with zero attached hydrogens (tertiary/aromatic N) is 1. The smallest absolute Gasteiger partial charge is 0.407 e. The summed E-state index contributed by atoms with van der Waals surface area (Å²) in [7, 11) is 0. The fourth-order valence-electron chi connectivity index (χ4n) is 3.54. The van der Waals surface area contributed by atoms with Crippen molar-refractivity contribution in [3.05, 3.63) is 65.7 Å². The third-order valence-corrected chi connectivity index (χ3v) is 5.05. The number of para-hydroxylation sites is 1. The van der Waals surface area contributed by atoms with Crippen LogP contribution in [0.25, 0.3) is 0 Å². The van der Waals surface area contributed by atoms with Crippen LogP contribution in [0.1, 0.15) is 37.9 Å². The highest BCUT2D eigenvalue weighted by molar-refractivity contribution is 5.94. The Kier molecular flexibility index (Phi) is 5.26. The minimum atomic E-state index is -0.455. The highest BCUT2D eigenvalue weighted by atomic mass is 16.5. The summed E-state index contributed by atoms with van der Waals surface area (Å²) in [6, 6.07) is 17.0. The van der Waals surface area contributed by atoms with Crippen molar-refractivity contribution in [3.63, 3.8) is 0 Å². The van der Waals surface area contributed by atoms with E-state index >= 15 is 0 Å². The van der Waals surface area contributed by atoms with Gasteiger partial charge < -0.3 is 15.0 Å². The van der Waals surface area contributed by atoms with Crippen LogP contribution < -0.4 is 10.2 Å². The minimum Gasteiger partial charge on any atom is -0.445 e. The molecule has 0 spiro atoms.